The Morgan fingerprint density at radius 3 is 2.35 bits per heavy atom. The van der Waals surface area contributed by atoms with Crippen molar-refractivity contribution < 1.29 is 8.42 Å². The molecule has 0 fully saturated rings. The molecule has 0 aliphatic carbocycles. The van der Waals surface area contributed by atoms with Crippen LogP contribution in [0.25, 0.3) is 0 Å². The van der Waals surface area contributed by atoms with Crippen molar-refractivity contribution in [2.45, 2.75) is 17.3 Å². The highest BCUT2D eigenvalue weighted by Crippen LogP contribution is 2.34. The molecule has 4 nitrogen and oxygen atoms in total. The molecule has 2 rings (SSSR count). The highest BCUT2D eigenvalue weighted by Gasteiger charge is 2.18. The topological polar surface area (TPSA) is 72.2 Å². The van der Waals surface area contributed by atoms with Gasteiger partial charge in [0.05, 0.1) is 8.81 Å². The maximum Gasteiger partial charge on any atom is 0.250 e. The summed E-state index contributed by atoms with van der Waals surface area (Å²) in [4.78, 5) is 0. The molecular weight excluding hydrogens is 384 g/mol. The lowest BCUT2D eigenvalue weighted by atomic mass is 10.1. The maximum absolute atomic E-state index is 12.1. The number of thiophene rings is 1. The van der Waals surface area contributed by atoms with Gasteiger partial charge in [0.25, 0.3) is 0 Å². The lowest BCUT2D eigenvalue weighted by Crippen LogP contribution is -2.22. The van der Waals surface area contributed by atoms with Gasteiger partial charge in [-0.25, -0.2) is 13.1 Å². The second-order valence-electron chi connectivity index (χ2n) is 4.03. The van der Waals surface area contributed by atoms with Gasteiger partial charge in [-0.05, 0) is 33.1 Å². The Balaban J connectivity index is 2.08. The zero-order chi connectivity index (χ0) is 14.8. The Labute approximate surface area is 135 Å². The van der Waals surface area contributed by atoms with E-state index < -0.39 is 10.0 Å². The van der Waals surface area contributed by atoms with Gasteiger partial charge in [0.2, 0.25) is 10.0 Å². The zero-order valence-corrected chi connectivity index (χ0v) is 14.2. The predicted molar refractivity (Wildman–Crippen MR) is 85.4 cm³/mol. The predicted octanol–water partition coefficient (Wildman–Crippen LogP) is 3.10. The fourth-order valence-corrected chi connectivity index (χ4v) is 4.96. The second-order valence-corrected chi connectivity index (χ2v) is 8.80. The highest BCUT2D eigenvalue weighted by molar-refractivity contribution is 9.11. The smallest absolute Gasteiger partial charge is 0.250 e. The number of hydrogen-bond donors (Lipinski definition) is 2. The minimum atomic E-state index is -3.55. The first kappa shape index (κ1) is 15.9. The Morgan fingerprint density at radius 1 is 1.25 bits per heavy atom. The molecule has 2 aromatic rings. The molecule has 0 unspecified atom stereocenters. The summed E-state index contributed by atoms with van der Waals surface area (Å²) in [6.07, 6.45) is 0. The van der Waals surface area contributed by atoms with Crippen molar-refractivity contribution in [3.63, 3.8) is 0 Å². The van der Waals surface area contributed by atoms with Crippen LogP contribution >= 0.6 is 38.9 Å². The monoisotopic (exact) mass is 394 g/mol. The fourth-order valence-electron chi connectivity index (χ4n) is 1.50. The molecule has 1 aromatic heterocycles. The Kier molecular flexibility index (Phi) is 5.22. The molecule has 0 atom stereocenters. The summed E-state index contributed by atoms with van der Waals surface area (Å²) in [5.41, 5.74) is 7.38. The van der Waals surface area contributed by atoms with Gasteiger partial charge < -0.3 is 5.73 Å². The molecule has 3 N–H and O–H groups in total. The minimum Gasteiger partial charge on any atom is -0.326 e. The number of nitrogens with two attached hydrogens (primary N) is 1. The van der Waals surface area contributed by atoms with Crippen LogP contribution in [0.2, 0.25) is 5.02 Å². The van der Waals surface area contributed by atoms with E-state index >= 15 is 0 Å². The SMILES string of the molecule is NCc1ccc(CNS(=O)(=O)c2cc(Cl)c(Br)s2)cc1. The van der Waals surface area contributed by atoms with Crippen molar-refractivity contribution in [1.29, 1.82) is 0 Å². The van der Waals surface area contributed by atoms with Crippen LogP contribution in [0.4, 0.5) is 0 Å². The Bertz CT molecular complexity index is 679. The molecule has 8 heteroatoms. The van der Waals surface area contributed by atoms with Crippen LogP contribution in [0.1, 0.15) is 11.1 Å². The van der Waals surface area contributed by atoms with E-state index in [4.69, 9.17) is 17.3 Å². The van der Waals surface area contributed by atoms with Crippen LogP contribution in [0.5, 0.6) is 0 Å². The maximum atomic E-state index is 12.1. The molecule has 0 aliphatic rings. The van der Waals surface area contributed by atoms with Gasteiger partial charge in [0.1, 0.15) is 4.21 Å². The van der Waals surface area contributed by atoms with Crippen LogP contribution in [-0.2, 0) is 23.1 Å². The van der Waals surface area contributed by atoms with Gasteiger partial charge >= 0.3 is 0 Å². The first-order valence-electron chi connectivity index (χ1n) is 5.65. The Morgan fingerprint density at radius 2 is 1.85 bits per heavy atom. The molecule has 0 aliphatic heterocycles. The van der Waals surface area contributed by atoms with E-state index in [0.29, 0.717) is 15.4 Å². The van der Waals surface area contributed by atoms with Gasteiger partial charge in [-0.1, -0.05) is 35.9 Å². The molecule has 0 saturated carbocycles. The second kappa shape index (κ2) is 6.55. The van der Waals surface area contributed by atoms with E-state index in [-0.39, 0.29) is 10.8 Å². The third-order valence-corrected chi connectivity index (χ3v) is 6.96. The minimum absolute atomic E-state index is 0.188. The average Bonchev–Trinajstić information content (AvgIpc) is 2.78. The normalized spacial score (nSPS) is 11.8. The molecule has 108 valence electrons. The zero-order valence-electron chi connectivity index (χ0n) is 10.3. The summed E-state index contributed by atoms with van der Waals surface area (Å²) in [7, 11) is -3.55. The van der Waals surface area contributed by atoms with E-state index in [9.17, 15) is 8.42 Å². The third kappa shape index (κ3) is 3.81. The molecule has 0 spiro atoms. The van der Waals surface area contributed by atoms with Crippen molar-refractivity contribution in [3.8, 4) is 0 Å². The standard InChI is InChI=1S/C12H12BrClN2O2S2/c13-12-10(14)5-11(19-12)20(17,18)16-7-9-3-1-8(6-15)2-4-9/h1-5,16H,6-7,15H2. The number of benzene rings is 1. The summed E-state index contributed by atoms with van der Waals surface area (Å²) in [5, 5.41) is 0.391. The van der Waals surface area contributed by atoms with E-state index in [1.165, 1.54) is 6.07 Å². The largest absolute Gasteiger partial charge is 0.326 e. The van der Waals surface area contributed by atoms with Gasteiger partial charge in [-0.3, -0.25) is 0 Å². The number of nitrogens with one attached hydrogen (secondary N) is 1. The number of halogens is 2. The fraction of sp³-hybridized carbons (Fsp3) is 0.167. The van der Waals surface area contributed by atoms with Crippen molar-refractivity contribution >= 4 is 48.9 Å². The van der Waals surface area contributed by atoms with Gasteiger partial charge in [0.15, 0.2) is 0 Å². The molecule has 0 radical (unpaired) electrons. The molecule has 0 bridgehead atoms. The lowest BCUT2D eigenvalue weighted by Gasteiger charge is -2.05. The van der Waals surface area contributed by atoms with Crippen LogP contribution in [0.15, 0.2) is 38.3 Å². The van der Waals surface area contributed by atoms with Crippen molar-refractivity contribution in [1.82, 2.24) is 4.72 Å². The van der Waals surface area contributed by atoms with E-state index in [0.717, 1.165) is 22.5 Å². The van der Waals surface area contributed by atoms with Crippen molar-refractivity contribution in [2.24, 2.45) is 5.73 Å². The summed E-state index contributed by atoms with van der Waals surface area (Å²) in [6, 6.07) is 8.88. The van der Waals surface area contributed by atoms with Crippen LogP contribution in [-0.4, -0.2) is 8.42 Å². The van der Waals surface area contributed by atoms with Gasteiger partial charge in [0, 0.05) is 13.1 Å². The highest BCUT2D eigenvalue weighted by atomic mass is 79.9. The molecule has 0 amide bonds. The summed E-state index contributed by atoms with van der Waals surface area (Å²) in [6.45, 7) is 0.689. The first-order valence-corrected chi connectivity index (χ1v) is 9.12. The molecular formula is C12H12BrClN2O2S2. The van der Waals surface area contributed by atoms with Gasteiger partial charge in [-0.15, -0.1) is 11.3 Å². The number of hydrogen-bond acceptors (Lipinski definition) is 4. The molecule has 20 heavy (non-hydrogen) atoms. The molecule has 1 aromatic carbocycles. The lowest BCUT2D eigenvalue weighted by molar-refractivity contribution is 0.583. The number of rotatable bonds is 5. The van der Waals surface area contributed by atoms with Crippen molar-refractivity contribution in [2.75, 3.05) is 0 Å². The van der Waals surface area contributed by atoms with Crippen molar-refractivity contribution in [3.05, 3.63) is 50.3 Å². The summed E-state index contributed by atoms with van der Waals surface area (Å²) < 4.78 is 27.5. The average molecular weight is 396 g/mol. The summed E-state index contributed by atoms with van der Waals surface area (Å²) in [5.74, 6) is 0. The Hall–Kier alpha value is -0.440. The quantitative estimate of drug-likeness (QED) is 0.817. The summed E-state index contributed by atoms with van der Waals surface area (Å²) >= 11 is 10.1. The third-order valence-electron chi connectivity index (χ3n) is 2.61. The van der Waals surface area contributed by atoms with E-state index in [2.05, 4.69) is 20.7 Å². The molecule has 1 heterocycles. The number of sulfonamides is 1. The van der Waals surface area contributed by atoms with Crippen LogP contribution in [0.3, 0.4) is 0 Å². The molecule has 0 saturated heterocycles. The van der Waals surface area contributed by atoms with Crippen LogP contribution < -0.4 is 10.5 Å². The van der Waals surface area contributed by atoms with Gasteiger partial charge in [-0.2, -0.15) is 0 Å². The van der Waals surface area contributed by atoms with Crippen LogP contribution in [0, 0.1) is 0 Å². The first-order chi connectivity index (χ1) is 9.42. The van der Waals surface area contributed by atoms with E-state index in [1.54, 1.807) is 0 Å². The van der Waals surface area contributed by atoms with E-state index in [1.807, 2.05) is 24.3 Å².